The Balaban J connectivity index is 2.35. The second-order valence-corrected chi connectivity index (χ2v) is 17.8. The largest absolute Gasteiger partial charge is 0.465 e. The normalized spacial score (nSPS) is 13.4. The molecule has 7 nitrogen and oxygen atoms in total. The summed E-state index contributed by atoms with van der Waals surface area (Å²) in [6, 6.07) is 0. The van der Waals surface area contributed by atoms with E-state index in [1.54, 1.807) is 0 Å². The van der Waals surface area contributed by atoms with E-state index in [-0.39, 0.29) is 18.0 Å². The number of carbonyl (C=O) groups is 2. The van der Waals surface area contributed by atoms with Gasteiger partial charge in [-0.25, -0.2) is 4.79 Å². The summed E-state index contributed by atoms with van der Waals surface area (Å²) < 4.78 is 11.7. The Morgan fingerprint density at radius 2 is 0.807 bits per heavy atom. The van der Waals surface area contributed by atoms with Crippen LogP contribution >= 0.6 is 0 Å². The van der Waals surface area contributed by atoms with Crippen LogP contribution in [0.15, 0.2) is 0 Å². The van der Waals surface area contributed by atoms with E-state index in [1.165, 1.54) is 193 Å². The summed E-state index contributed by atoms with van der Waals surface area (Å²) in [5, 5.41) is 0. The molecule has 1 atom stereocenters. The number of rotatable bonds is 45. The molecule has 0 aromatic rings. The van der Waals surface area contributed by atoms with Crippen LogP contribution < -0.4 is 0 Å². The molecule has 1 amide bonds. The summed E-state index contributed by atoms with van der Waals surface area (Å²) in [7, 11) is 0. The van der Waals surface area contributed by atoms with Crippen LogP contribution in [0.3, 0.4) is 0 Å². The quantitative estimate of drug-likeness (QED) is 0.0347. The first-order chi connectivity index (χ1) is 28.0. The highest BCUT2D eigenvalue weighted by molar-refractivity contribution is 5.72. The summed E-state index contributed by atoms with van der Waals surface area (Å²) >= 11 is 0. The molecule has 0 bridgehead atoms. The summed E-state index contributed by atoms with van der Waals surface area (Å²) in [5.74, 6) is 0.180. The first-order valence-corrected chi connectivity index (χ1v) is 25.6. The predicted molar refractivity (Wildman–Crippen MR) is 245 cm³/mol. The molecular formula is C50H99N3O4. The third-order valence-corrected chi connectivity index (χ3v) is 12.2. The van der Waals surface area contributed by atoms with Crippen molar-refractivity contribution in [3.8, 4) is 0 Å². The zero-order chi connectivity index (χ0) is 41.3. The van der Waals surface area contributed by atoms with Gasteiger partial charge in [-0.05, 0) is 90.4 Å². The molecule has 0 aliphatic carbocycles. The van der Waals surface area contributed by atoms with Gasteiger partial charge in [-0.3, -0.25) is 4.79 Å². The smallest absolute Gasteiger partial charge is 0.409 e. The van der Waals surface area contributed by atoms with Crippen LogP contribution in [0, 0.1) is 5.92 Å². The van der Waals surface area contributed by atoms with E-state index in [2.05, 4.69) is 37.5 Å². The number of hydrogen-bond acceptors (Lipinski definition) is 6. The maximum atomic E-state index is 13.0. The van der Waals surface area contributed by atoms with Gasteiger partial charge in [0.15, 0.2) is 0 Å². The molecule has 1 fully saturated rings. The summed E-state index contributed by atoms with van der Waals surface area (Å²) in [4.78, 5) is 33.3. The molecule has 0 saturated carbocycles. The lowest BCUT2D eigenvalue weighted by molar-refractivity contribution is -0.149. The van der Waals surface area contributed by atoms with Crippen LogP contribution in [0.4, 0.5) is 4.79 Å². The van der Waals surface area contributed by atoms with Crippen LogP contribution in [0.25, 0.3) is 0 Å². The Hall–Kier alpha value is -1.34. The van der Waals surface area contributed by atoms with Crippen LogP contribution in [-0.4, -0.2) is 92.3 Å². The highest BCUT2D eigenvalue weighted by Crippen LogP contribution is 2.21. The van der Waals surface area contributed by atoms with Crippen LogP contribution in [0.2, 0.25) is 0 Å². The van der Waals surface area contributed by atoms with Crippen molar-refractivity contribution < 1.29 is 19.1 Å². The van der Waals surface area contributed by atoms with E-state index in [0.29, 0.717) is 13.2 Å². The average Bonchev–Trinajstić information content (AvgIpc) is 4.05. The third-order valence-electron chi connectivity index (χ3n) is 12.2. The van der Waals surface area contributed by atoms with Gasteiger partial charge in [-0.1, -0.05) is 175 Å². The fourth-order valence-electron chi connectivity index (χ4n) is 8.08. The van der Waals surface area contributed by atoms with E-state index in [9.17, 15) is 9.59 Å². The molecule has 0 aromatic heterocycles. The lowest BCUT2D eigenvalue weighted by Crippen LogP contribution is -2.33. The number of unbranched alkanes of at least 4 members (excludes halogenated alkanes) is 24. The highest BCUT2D eigenvalue weighted by atomic mass is 16.6. The van der Waals surface area contributed by atoms with E-state index in [1.807, 2.05) is 4.90 Å². The fourth-order valence-corrected chi connectivity index (χ4v) is 8.08. The minimum Gasteiger partial charge on any atom is -0.465 e. The number of nitrogens with zero attached hydrogens (tertiary/aromatic N) is 3. The third kappa shape index (κ3) is 35.2. The van der Waals surface area contributed by atoms with E-state index in [4.69, 9.17) is 9.47 Å². The van der Waals surface area contributed by atoms with Crippen molar-refractivity contribution in [2.24, 2.45) is 5.92 Å². The standard InChI is InChI=1S/C50H99N3O4/c1-5-9-13-17-19-27-37-48(36-26-15-11-7-3)49(54)56-46-34-23-21-28-38-51(40-30-25-31-41-52-44-45-52)39-29-22-24-35-47-57-50(55)53(42-32-16-12-8-4)43-33-20-18-14-10-6-2/h48H,5-47H2,1-4H3. The number of hydrogen-bond donors (Lipinski definition) is 0. The Labute approximate surface area is 355 Å². The molecule has 0 N–H and O–H groups in total. The number of amides is 1. The van der Waals surface area contributed by atoms with Crippen LogP contribution in [-0.2, 0) is 14.3 Å². The molecule has 1 unspecified atom stereocenters. The molecule has 1 aliphatic heterocycles. The minimum atomic E-state index is -0.0895. The monoisotopic (exact) mass is 806 g/mol. The molecule has 0 aromatic carbocycles. The molecule has 338 valence electrons. The van der Waals surface area contributed by atoms with E-state index < -0.39 is 0 Å². The molecule has 1 saturated heterocycles. The summed E-state index contributed by atoms with van der Waals surface area (Å²) in [5.41, 5.74) is 0. The van der Waals surface area contributed by atoms with Gasteiger partial charge in [0.25, 0.3) is 0 Å². The Morgan fingerprint density at radius 3 is 1.30 bits per heavy atom. The average molecular weight is 806 g/mol. The van der Waals surface area contributed by atoms with E-state index in [0.717, 1.165) is 70.9 Å². The van der Waals surface area contributed by atoms with Gasteiger partial charge in [-0.15, -0.1) is 0 Å². The fraction of sp³-hybridized carbons (Fsp3) is 0.960. The molecule has 1 rings (SSSR count). The second-order valence-electron chi connectivity index (χ2n) is 17.8. The molecule has 1 heterocycles. The second kappa shape index (κ2) is 41.4. The van der Waals surface area contributed by atoms with Gasteiger partial charge in [0.2, 0.25) is 0 Å². The maximum Gasteiger partial charge on any atom is 0.409 e. The first kappa shape index (κ1) is 53.7. The van der Waals surface area contributed by atoms with E-state index >= 15 is 0 Å². The molecular weight excluding hydrogens is 707 g/mol. The zero-order valence-electron chi connectivity index (χ0n) is 39.0. The van der Waals surface area contributed by atoms with Gasteiger partial charge in [0.1, 0.15) is 0 Å². The van der Waals surface area contributed by atoms with Gasteiger partial charge < -0.3 is 24.2 Å². The SMILES string of the molecule is CCCCCCCCC(CCCCCC)C(=O)OCCCCCCN(CCCCCCOC(=O)N(CCCCCC)CCCCCCCC)CCCCCN1CC1. The molecule has 7 heteroatoms. The van der Waals surface area contributed by atoms with Crippen molar-refractivity contribution in [1.82, 2.24) is 14.7 Å². The van der Waals surface area contributed by atoms with Gasteiger partial charge >= 0.3 is 12.1 Å². The lowest BCUT2D eigenvalue weighted by Gasteiger charge is -2.23. The number of ether oxygens (including phenoxy) is 2. The van der Waals surface area contributed by atoms with Crippen LogP contribution in [0.5, 0.6) is 0 Å². The van der Waals surface area contributed by atoms with Crippen molar-refractivity contribution in [2.75, 3.05) is 65.6 Å². The Kier molecular flexibility index (Phi) is 39.0. The Morgan fingerprint density at radius 1 is 0.439 bits per heavy atom. The number of carbonyl (C=O) groups excluding carboxylic acids is 2. The maximum absolute atomic E-state index is 13.0. The molecule has 0 radical (unpaired) electrons. The number of esters is 1. The lowest BCUT2D eigenvalue weighted by atomic mass is 9.94. The molecule has 1 aliphatic rings. The summed E-state index contributed by atoms with van der Waals surface area (Å²) in [6.07, 6.45) is 39.8. The molecule has 0 spiro atoms. The first-order valence-electron chi connectivity index (χ1n) is 25.6. The Bertz CT molecular complexity index is 811. The molecule has 57 heavy (non-hydrogen) atoms. The minimum absolute atomic E-state index is 0.0751. The van der Waals surface area contributed by atoms with Crippen molar-refractivity contribution in [1.29, 1.82) is 0 Å². The van der Waals surface area contributed by atoms with Crippen molar-refractivity contribution >= 4 is 12.1 Å². The van der Waals surface area contributed by atoms with Gasteiger partial charge in [-0.2, -0.15) is 0 Å². The van der Waals surface area contributed by atoms with Crippen molar-refractivity contribution in [3.05, 3.63) is 0 Å². The highest BCUT2D eigenvalue weighted by Gasteiger charge is 2.20. The van der Waals surface area contributed by atoms with Gasteiger partial charge in [0.05, 0.1) is 19.1 Å². The predicted octanol–water partition coefficient (Wildman–Crippen LogP) is 14.2. The zero-order valence-corrected chi connectivity index (χ0v) is 39.0. The van der Waals surface area contributed by atoms with Crippen LogP contribution in [0.1, 0.15) is 240 Å². The topological polar surface area (TPSA) is 62.1 Å². The van der Waals surface area contributed by atoms with Gasteiger partial charge in [0, 0.05) is 26.2 Å². The van der Waals surface area contributed by atoms with Crippen molar-refractivity contribution in [2.45, 2.75) is 240 Å². The summed E-state index contributed by atoms with van der Waals surface area (Å²) in [6.45, 7) is 19.3. The van der Waals surface area contributed by atoms with Crippen molar-refractivity contribution in [3.63, 3.8) is 0 Å².